The first-order valence-corrected chi connectivity index (χ1v) is 9.92. The van der Waals surface area contributed by atoms with Gasteiger partial charge in [-0.3, -0.25) is 5.10 Å². The van der Waals surface area contributed by atoms with Crippen LogP contribution in [-0.2, 0) is 11.4 Å². The quantitative estimate of drug-likeness (QED) is 0.536. The Morgan fingerprint density at radius 2 is 2.00 bits per heavy atom. The summed E-state index contributed by atoms with van der Waals surface area (Å²) < 4.78 is 8.25. The zero-order valence-electron chi connectivity index (χ0n) is 16.0. The van der Waals surface area contributed by atoms with Gasteiger partial charge in [-0.2, -0.15) is 5.10 Å². The number of hydrogen-bond acceptors (Lipinski definition) is 5. The topological polar surface area (TPSA) is 77.0 Å². The molecular formula is C22H23N5O2. The second-order valence-electron chi connectivity index (χ2n) is 7.35. The average Bonchev–Trinajstić information content (AvgIpc) is 3.34. The van der Waals surface area contributed by atoms with Crippen molar-refractivity contribution in [3.05, 3.63) is 61.1 Å². The molecule has 148 valence electrons. The molecule has 0 amide bonds. The van der Waals surface area contributed by atoms with Crippen LogP contribution in [0.1, 0.15) is 12.8 Å². The van der Waals surface area contributed by atoms with Gasteiger partial charge >= 0.3 is 0 Å². The van der Waals surface area contributed by atoms with E-state index in [1.165, 1.54) is 0 Å². The first-order valence-electron chi connectivity index (χ1n) is 9.92. The SMILES string of the molecule is c1cc(-c2ccc(Oc3ccc4c(c3)ncn4CC3CCCONC3)cc2)[nH]n1. The van der Waals surface area contributed by atoms with Gasteiger partial charge in [0.2, 0.25) is 0 Å². The molecule has 5 rings (SSSR count). The van der Waals surface area contributed by atoms with Crippen molar-refractivity contribution in [3.8, 4) is 22.8 Å². The van der Waals surface area contributed by atoms with Crippen molar-refractivity contribution in [2.24, 2.45) is 5.92 Å². The Hall–Kier alpha value is -3.16. The summed E-state index contributed by atoms with van der Waals surface area (Å²) in [5.41, 5.74) is 7.17. The van der Waals surface area contributed by atoms with Gasteiger partial charge in [-0.1, -0.05) is 0 Å². The molecule has 3 heterocycles. The zero-order chi connectivity index (χ0) is 19.5. The van der Waals surface area contributed by atoms with E-state index in [0.717, 1.165) is 66.3 Å². The number of H-pyrrole nitrogens is 1. The van der Waals surface area contributed by atoms with Crippen LogP contribution in [0.2, 0.25) is 0 Å². The van der Waals surface area contributed by atoms with Crippen LogP contribution in [0, 0.1) is 5.92 Å². The molecule has 29 heavy (non-hydrogen) atoms. The normalized spacial score (nSPS) is 17.3. The van der Waals surface area contributed by atoms with Crippen LogP contribution in [-0.4, -0.2) is 32.9 Å². The van der Waals surface area contributed by atoms with Gasteiger partial charge in [0.1, 0.15) is 11.5 Å². The average molecular weight is 389 g/mol. The Bertz CT molecular complexity index is 1060. The maximum atomic E-state index is 6.03. The van der Waals surface area contributed by atoms with E-state index in [1.807, 2.05) is 48.8 Å². The monoisotopic (exact) mass is 389 g/mol. The molecule has 1 fully saturated rings. The van der Waals surface area contributed by atoms with Gasteiger partial charge in [0.05, 0.1) is 29.7 Å². The van der Waals surface area contributed by atoms with E-state index in [-0.39, 0.29) is 0 Å². The molecule has 0 aliphatic carbocycles. The second kappa shape index (κ2) is 8.06. The molecule has 0 spiro atoms. The Labute approximate surface area is 168 Å². The third kappa shape index (κ3) is 4.01. The minimum atomic E-state index is 0.541. The molecule has 1 atom stereocenters. The van der Waals surface area contributed by atoms with Crippen LogP contribution in [0.5, 0.6) is 11.5 Å². The van der Waals surface area contributed by atoms with Crippen molar-refractivity contribution in [2.75, 3.05) is 13.2 Å². The molecule has 1 unspecified atom stereocenters. The summed E-state index contributed by atoms with van der Waals surface area (Å²) in [5, 5.41) is 6.95. The zero-order valence-corrected chi connectivity index (χ0v) is 16.0. The lowest BCUT2D eigenvalue weighted by molar-refractivity contribution is 0.0486. The first-order chi connectivity index (χ1) is 14.3. The van der Waals surface area contributed by atoms with Crippen molar-refractivity contribution in [1.82, 2.24) is 25.2 Å². The van der Waals surface area contributed by atoms with Gasteiger partial charge in [0.25, 0.3) is 0 Å². The molecule has 7 heteroatoms. The summed E-state index contributed by atoms with van der Waals surface area (Å²) in [4.78, 5) is 9.91. The summed E-state index contributed by atoms with van der Waals surface area (Å²) in [6, 6.07) is 16.0. The third-order valence-electron chi connectivity index (χ3n) is 5.28. The Balaban J connectivity index is 1.30. The molecule has 2 aromatic heterocycles. The molecule has 0 saturated carbocycles. The number of fused-ring (bicyclic) bond motifs is 1. The van der Waals surface area contributed by atoms with Crippen LogP contribution in [0.25, 0.3) is 22.3 Å². The van der Waals surface area contributed by atoms with Gasteiger partial charge in [-0.25, -0.2) is 10.5 Å². The number of rotatable bonds is 5. The molecule has 1 aliphatic heterocycles. The van der Waals surface area contributed by atoms with Crippen LogP contribution in [0.15, 0.2) is 61.1 Å². The van der Waals surface area contributed by atoms with Crippen LogP contribution in [0.3, 0.4) is 0 Å². The fourth-order valence-corrected chi connectivity index (χ4v) is 3.74. The minimum Gasteiger partial charge on any atom is -0.457 e. The highest BCUT2D eigenvalue weighted by molar-refractivity contribution is 5.77. The molecule has 0 bridgehead atoms. The van der Waals surface area contributed by atoms with Crippen molar-refractivity contribution in [2.45, 2.75) is 19.4 Å². The van der Waals surface area contributed by atoms with Crippen LogP contribution >= 0.6 is 0 Å². The highest BCUT2D eigenvalue weighted by Gasteiger charge is 2.14. The van der Waals surface area contributed by atoms with Crippen LogP contribution in [0.4, 0.5) is 0 Å². The van der Waals surface area contributed by atoms with Gasteiger partial charge in [-0.15, -0.1) is 0 Å². The van der Waals surface area contributed by atoms with Gasteiger partial charge < -0.3 is 14.1 Å². The number of benzene rings is 2. The lowest BCUT2D eigenvalue weighted by atomic mass is 10.0. The standard InChI is InChI=1S/C22H23N5O2/c1-2-16(13-25-28-11-1)14-27-15-23-21-12-19(7-8-22(21)27)29-18-5-3-17(4-6-18)20-9-10-24-26-20/h3-10,12,15-16,25H,1-2,11,13-14H2,(H,24,26). The fourth-order valence-electron chi connectivity index (χ4n) is 3.74. The molecular weight excluding hydrogens is 366 g/mol. The van der Waals surface area contributed by atoms with Crippen LogP contribution < -0.4 is 10.2 Å². The van der Waals surface area contributed by atoms with Gasteiger partial charge in [0, 0.05) is 25.4 Å². The molecule has 0 radical (unpaired) electrons. The largest absolute Gasteiger partial charge is 0.457 e. The van der Waals surface area contributed by atoms with Gasteiger partial charge in [0.15, 0.2) is 0 Å². The molecule has 1 aliphatic rings. The summed E-state index contributed by atoms with van der Waals surface area (Å²) in [7, 11) is 0. The summed E-state index contributed by atoms with van der Waals surface area (Å²) in [6.07, 6.45) is 5.90. The predicted octanol–water partition coefficient (Wildman–Crippen LogP) is 4.15. The van der Waals surface area contributed by atoms with E-state index in [4.69, 9.17) is 9.57 Å². The van der Waals surface area contributed by atoms with Crippen molar-refractivity contribution in [1.29, 1.82) is 0 Å². The predicted molar refractivity (Wildman–Crippen MR) is 111 cm³/mol. The van der Waals surface area contributed by atoms with Crippen molar-refractivity contribution in [3.63, 3.8) is 0 Å². The Morgan fingerprint density at radius 1 is 1.10 bits per heavy atom. The number of aromatic nitrogens is 4. The Morgan fingerprint density at radius 3 is 2.86 bits per heavy atom. The fraction of sp³-hybridized carbons (Fsp3) is 0.273. The number of hydrogen-bond donors (Lipinski definition) is 2. The number of nitrogens with zero attached hydrogens (tertiary/aromatic N) is 3. The van der Waals surface area contributed by atoms with E-state index < -0.39 is 0 Å². The number of imidazole rings is 1. The smallest absolute Gasteiger partial charge is 0.129 e. The number of aromatic amines is 1. The highest BCUT2D eigenvalue weighted by Crippen LogP contribution is 2.27. The van der Waals surface area contributed by atoms with E-state index in [0.29, 0.717) is 5.92 Å². The number of nitrogens with one attached hydrogen (secondary N) is 2. The number of hydroxylamine groups is 1. The Kier molecular flexibility index (Phi) is 4.98. The van der Waals surface area contributed by atoms with Crippen molar-refractivity contribution >= 4 is 11.0 Å². The maximum Gasteiger partial charge on any atom is 0.129 e. The minimum absolute atomic E-state index is 0.541. The van der Waals surface area contributed by atoms with E-state index in [2.05, 4.69) is 31.3 Å². The molecule has 7 nitrogen and oxygen atoms in total. The van der Waals surface area contributed by atoms with E-state index >= 15 is 0 Å². The van der Waals surface area contributed by atoms with Crippen molar-refractivity contribution < 1.29 is 9.57 Å². The first kappa shape index (κ1) is 17.9. The van der Waals surface area contributed by atoms with E-state index in [9.17, 15) is 0 Å². The number of ether oxygens (including phenoxy) is 1. The highest BCUT2D eigenvalue weighted by atomic mass is 16.6. The lowest BCUT2D eigenvalue weighted by Crippen LogP contribution is -2.23. The molecule has 1 saturated heterocycles. The molecule has 4 aromatic rings. The maximum absolute atomic E-state index is 6.03. The van der Waals surface area contributed by atoms with E-state index in [1.54, 1.807) is 6.20 Å². The summed E-state index contributed by atoms with van der Waals surface area (Å²) in [5.74, 6) is 2.11. The second-order valence-corrected chi connectivity index (χ2v) is 7.35. The molecule has 2 aromatic carbocycles. The lowest BCUT2D eigenvalue weighted by Gasteiger charge is -2.14. The third-order valence-corrected chi connectivity index (χ3v) is 5.28. The molecule has 2 N–H and O–H groups in total. The van der Waals surface area contributed by atoms with Gasteiger partial charge in [-0.05, 0) is 66.8 Å². The summed E-state index contributed by atoms with van der Waals surface area (Å²) in [6.45, 7) is 2.59. The summed E-state index contributed by atoms with van der Waals surface area (Å²) >= 11 is 0.